The molecule has 2 fully saturated rings. The van der Waals surface area contributed by atoms with Gasteiger partial charge in [0, 0.05) is 12.1 Å². The topological polar surface area (TPSA) is 136 Å². The summed E-state index contributed by atoms with van der Waals surface area (Å²) in [5.74, 6) is -1.99. The fourth-order valence-corrected chi connectivity index (χ4v) is 6.18. The Kier molecular flexibility index (Phi) is 6.71. The van der Waals surface area contributed by atoms with Crippen LogP contribution < -0.4 is 14.1 Å². The zero-order valence-corrected chi connectivity index (χ0v) is 22.9. The summed E-state index contributed by atoms with van der Waals surface area (Å²) in [5, 5.41) is 12.8. The van der Waals surface area contributed by atoms with Crippen LogP contribution in [0, 0.1) is 23.0 Å². The Morgan fingerprint density at radius 1 is 0.833 bits per heavy atom. The van der Waals surface area contributed by atoms with Crippen molar-refractivity contribution in [3.8, 4) is 5.75 Å². The van der Waals surface area contributed by atoms with Crippen LogP contribution in [0.2, 0.25) is 0 Å². The average Bonchev–Trinajstić information content (AvgIpc) is 3.49. The van der Waals surface area contributed by atoms with Gasteiger partial charge in [-0.25, -0.2) is 9.96 Å². The number of imide groups is 1. The van der Waals surface area contributed by atoms with Crippen LogP contribution in [0.3, 0.4) is 0 Å². The summed E-state index contributed by atoms with van der Waals surface area (Å²) in [6.07, 6.45) is -1.18. The molecule has 4 aromatic carbocycles. The van der Waals surface area contributed by atoms with E-state index in [1.54, 1.807) is 54.6 Å². The highest BCUT2D eigenvalue weighted by atomic mass is 32.2. The molecule has 2 heterocycles. The first-order chi connectivity index (χ1) is 20.1. The fraction of sp³-hybridized carbons (Fsp3) is 0.133. The first-order valence-electron chi connectivity index (χ1n) is 12.9. The maximum atomic E-state index is 13.8. The number of anilines is 2. The van der Waals surface area contributed by atoms with Crippen LogP contribution in [0.25, 0.3) is 0 Å². The van der Waals surface area contributed by atoms with Gasteiger partial charge in [-0.15, -0.1) is 0 Å². The molecule has 0 saturated carbocycles. The summed E-state index contributed by atoms with van der Waals surface area (Å²) >= 11 is 0. The molecular weight excluding hydrogens is 562 g/mol. The Morgan fingerprint density at radius 3 is 2.21 bits per heavy atom. The summed E-state index contributed by atoms with van der Waals surface area (Å²) in [4.78, 5) is 45.5. The second-order valence-electron chi connectivity index (χ2n) is 9.87. The quantitative estimate of drug-likeness (QED) is 0.131. The summed E-state index contributed by atoms with van der Waals surface area (Å²) in [6, 6.07) is 25.5. The van der Waals surface area contributed by atoms with Gasteiger partial charge in [0.05, 0.1) is 22.3 Å². The predicted molar refractivity (Wildman–Crippen MR) is 151 cm³/mol. The first kappa shape index (κ1) is 27.1. The monoisotopic (exact) mass is 585 g/mol. The maximum Gasteiger partial charge on any atom is 0.339 e. The largest absolute Gasteiger partial charge is 0.379 e. The van der Waals surface area contributed by atoms with E-state index in [4.69, 9.17) is 9.02 Å². The predicted octanol–water partition coefficient (Wildman–Crippen LogP) is 4.72. The lowest BCUT2D eigenvalue weighted by Crippen LogP contribution is -2.37. The molecule has 0 N–H and O–H groups in total. The zero-order valence-electron chi connectivity index (χ0n) is 22.1. The van der Waals surface area contributed by atoms with Crippen LogP contribution >= 0.6 is 0 Å². The van der Waals surface area contributed by atoms with Gasteiger partial charge in [-0.05, 0) is 60.5 Å². The van der Waals surface area contributed by atoms with Crippen molar-refractivity contribution in [1.29, 1.82) is 0 Å². The van der Waals surface area contributed by atoms with Crippen LogP contribution in [0.15, 0.2) is 108 Å². The van der Waals surface area contributed by atoms with Crippen LogP contribution in [-0.2, 0) is 24.5 Å². The minimum atomic E-state index is -4.09. The molecule has 2 amide bonds. The number of carbonyl (C=O) groups is 2. The molecule has 0 aliphatic carbocycles. The molecule has 2 aliphatic rings. The van der Waals surface area contributed by atoms with Gasteiger partial charge in [0.2, 0.25) is 5.91 Å². The van der Waals surface area contributed by atoms with Crippen LogP contribution in [-0.4, -0.2) is 31.3 Å². The summed E-state index contributed by atoms with van der Waals surface area (Å²) < 4.78 is 30.7. The van der Waals surface area contributed by atoms with Gasteiger partial charge >= 0.3 is 10.1 Å². The number of carbonyl (C=O) groups excluding carboxylic acids is 2. The van der Waals surface area contributed by atoms with Gasteiger partial charge in [0.1, 0.15) is 16.6 Å². The number of aryl methyl sites for hydroxylation is 1. The molecule has 2 saturated heterocycles. The van der Waals surface area contributed by atoms with E-state index >= 15 is 0 Å². The normalized spacial score (nSPS) is 20.1. The Hall–Kier alpha value is -5.07. The van der Waals surface area contributed by atoms with Crippen molar-refractivity contribution in [3.63, 3.8) is 0 Å². The van der Waals surface area contributed by atoms with Gasteiger partial charge < -0.3 is 4.18 Å². The van der Waals surface area contributed by atoms with E-state index in [0.717, 1.165) is 10.5 Å². The molecule has 0 radical (unpaired) electrons. The molecule has 0 aromatic heterocycles. The SMILES string of the molecule is Cc1cccc(N2C(=O)[C@@H]3[C@@H](c4ccc(OS(=O)(=O)c5ccccc5)cc4)N(c4cccc([N+](=O)[O-])c4)O[C@H]3C2=O)c1. The van der Waals surface area contributed by atoms with Crippen LogP contribution in [0.1, 0.15) is 17.2 Å². The van der Waals surface area contributed by atoms with E-state index in [1.807, 2.05) is 13.0 Å². The van der Waals surface area contributed by atoms with Crippen molar-refractivity contribution in [2.75, 3.05) is 9.96 Å². The number of nitro groups is 1. The molecule has 11 nitrogen and oxygen atoms in total. The fourth-order valence-electron chi connectivity index (χ4n) is 5.22. The molecule has 0 bridgehead atoms. The number of hydroxylamine groups is 1. The lowest BCUT2D eigenvalue weighted by atomic mass is 9.90. The molecule has 4 aromatic rings. The summed E-state index contributed by atoms with van der Waals surface area (Å²) in [6.45, 7) is 1.85. The Bertz CT molecular complexity index is 1810. The maximum absolute atomic E-state index is 13.8. The van der Waals surface area contributed by atoms with Crippen molar-refractivity contribution >= 4 is 39.0 Å². The first-order valence-corrected chi connectivity index (χ1v) is 14.3. The lowest BCUT2D eigenvalue weighted by molar-refractivity contribution is -0.384. The minimum Gasteiger partial charge on any atom is -0.379 e. The van der Waals surface area contributed by atoms with Gasteiger partial charge in [0.25, 0.3) is 11.6 Å². The summed E-state index contributed by atoms with van der Waals surface area (Å²) in [7, 11) is -4.09. The molecule has 12 heteroatoms. The van der Waals surface area contributed by atoms with Gasteiger partial charge in [-0.2, -0.15) is 8.42 Å². The average molecular weight is 586 g/mol. The second kappa shape index (κ2) is 10.4. The lowest BCUT2D eigenvalue weighted by Gasteiger charge is -2.28. The van der Waals surface area contributed by atoms with Crippen LogP contribution in [0.4, 0.5) is 17.1 Å². The third kappa shape index (κ3) is 4.76. The smallest absolute Gasteiger partial charge is 0.339 e. The molecule has 2 aliphatic heterocycles. The molecule has 212 valence electrons. The minimum absolute atomic E-state index is 0.00994. The van der Waals surface area contributed by atoms with E-state index in [0.29, 0.717) is 11.3 Å². The Balaban J connectivity index is 1.38. The number of non-ortho nitro benzene ring substituents is 1. The molecule has 42 heavy (non-hydrogen) atoms. The third-order valence-electron chi connectivity index (χ3n) is 7.13. The van der Waals surface area contributed by atoms with Gasteiger partial charge in [-0.1, -0.05) is 48.5 Å². The number of amides is 2. The molecule has 6 rings (SSSR count). The Labute approximate surface area is 240 Å². The number of nitro benzene ring substituents is 1. The number of hydrogen-bond acceptors (Lipinski definition) is 9. The number of nitrogens with zero attached hydrogens (tertiary/aromatic N) is 3. The highest BCUT2D eigenvalue weighted by Gasteiger charge is 2.60. The molecule has 0 unspecified atom stereocenters. The number of benzene rings is 4. The van der Waals surface area contributed by atoms with Crippen molar-refractivity contribution in [1.82, 2.24) is 0 Å². The van der Waals surface area contributed by atoms with E-state index in [-0.39, 0.29) is 22.0 Å². The number of hydrogen-bond donors (Lipinski definition) is 0. The van der Waals surface area contributed by atoms with Crippen molar-refractivity contribution in [2.24, 2.45) is 5.92 Å². The third-order valence-corrected chi connectivity index (χ3v) is 8.39. The number of fused-ring (bicyclic) bond motifs is 1. The molecule has 3 atom stereocenters. The number of rotatable bonds is 7. The van der Waals surface area contributed by atoms with E-state index in [9.17, 15) is 28.1 Å². The van der Waals surface area contributed by atoms with E-state index in [2.05, 4.69) is 0 Å². The van der Waals surface area contributed by atoms with Crippen LogP contribution in [0.5, 0.6) is 5.75 Å². The standard InChI is InChI=1S/C30H23N3O8S/c1-19-7-5-8-21(17-19)31-29(34)26-27(32(40-28(26)30(31)35)22-9-6-10-23(18-22)33(36)37)20-13-15-24(16-14-20)41-42(38,39)25-11-3-2-4-12-25/h2-18,26-28H,1H3/t26-,27-,28-/m1/s1. The van der Waals surface area contributed by atoms with E-state index in [1.165, 1.54) is 47.5 Å². The highest BCUT2D eigenvalue weighted by molar-refractivity contribution is 7.87. The van der Waals surface area contributed by atoms with Crippen molar-refractivity contribution < 1.29 is 32.0 Å². The van der Waals surface area contributed by atoms with Gasteiger partial charge in [-0.3, -0.25) is 24.5 Å². The summed E-state index contributed by atoms with van der Waals surface area (Å²) in [5.41, 5.74) is 1.87. The highest BCUT2D eigenvalue weighted by Crippen LogP contribution is 2.48. The molecule has 0 spiro atoms. The van der Waals surface area contributed by atoms with E-state index < -0.39 is 44.9 Å². The van der Waals surface area contributed by atoms with Crippen molar-refractivity contribution in [2.45, 2.75) is 24.0 Å². The molecular formula is C30H23N3O8S. The van der Waals surface area contributed by atoms with Crippen molar-refractivity contribution in [3.05, 3.63) is 124 Å². The van der Waals surface area contributed by atoms with Gasteiger partial charge in [0.15, 0.2) is 6.10 Å². The second-order valence-corrected chi connectivity index (χ2v) is 11.4. The Morgan fingerprint density at radius 2 is 1.52 bits per heavy atom. The zero-order chi connectivity index (χ0) is 29.6.